The van der Waals surface area contributed by atoms with Gasteiger partial charge in [0.2, 0.25) is 0 Å². The molecular weight excluding hydrogens is 312 g/mol. The average Bonchev–Trinajstić information content (AvgIpc) is 3.37. The van der Waals surface area contributed by atoms with Crippen molar-refractivity contribution >= 4 is 0 Å². The Morgan fingerprint density at radius 3 is 1.50 bits per heavy atom. The molecule has 4 rings (SSSR count). The summed E-state index contributed by atoms with van der Waals surface area (Å²) in [4.78, 5) is 10.0. The van der Waals surface area contributed by atoms with Crippen molar-refractivity contribution in [1.82, 2.24) is 0 Å². The SMILES string of the molecule is C1CCC2(CCCCCC3(CC1)CCC1(OC3)OOOOO1)CC2. The van der Waals surface area contributed by atoms with Crippen molar-refractivity contribution in [1.29, 1.82) is 0 Å². The normalized spacial score (nSPS) is 33.0. The molecule has 2 saturated heterocycles. The highest BCUT2D eigenvalue weighted by Gasteiger charge is 2.49. The van der Waals surface area contributed by atoms with Crippen molar-refractivity contribution in [3.8, 4) is 0 Å². The Balaban J connectivity index is 1.32. The van der Waals surface area contributed by atoms with Crippen LogP contribution in [-0.4, -0.2) is 12.6 Å². The molecule has 2 heterocycles. The Bertz CT molecular complexity index is 388. The van der Waals surface area contributed by atoms with Crippen LogP contribution in [0, 0.1) is 10.8 Å². The number of hydrogen-bond donors (Lipinski definition) is 0. The highest BCUT2D eigenvalue weighted by Crippen LogP contribution is 2.54. The minimum absolute atomic E-state index is 0.243. The van der Waals surface area contributed by atoms with Gasteiger partial charge in [-0.15, -0.1) is 9.78 Å². The Kier molecular flexibility index (Phi) is 5.14. The molecule has 4 fully saturated rings. The van der Waals surface area contributed by atoms with Gasteiger partial charge < -0.3 is 4.74 Å². The molecule has 4 aliphatic rings. The van der Waals surface area contributed by atoms with Gasteiger partial charge in [-0.05, 0) is 70.9 Å². The van der Waals surface area contributed by atoms with Gasteiger partial charge in [-0.2, -0.15) is 0 Å². The van der Waals surface area contributed by atoms with Crippen molar-refractivity contribution in [2.45, 2.75) is 95.9 Å². The van der Waals surface area contributed by atoms with E-state index in [1.165, 1.54) is 77.0 Å². The van der Waals surface area contributed by atoms with E-state index < -0.39 is 5.97 Å². The molecule has 0 aromatic rings. The van der Waals surface area contributed by atoms with Gasteiger partial charge in [0.15, 0.2) is 0 Å². The molecule has 0 N–H and O–H groups in total. The quantitative estimate of drug-likeness (QED) is 0.584. The highest BCUT2D eigenvalue weighted by atomic mass is 17.8. The van der Waals surface area contributed by atoms with Gasteiger partial charge in [-0.3, -0.25) is 0 Å². The second kappa shape index (κ2) is 7.17. The third kappa shape index (κ3) is 3.94. The molecule has 2 aliphatic carbocycles. The molecule has 0 amide bonds. The average molecular weight is 342 g/mol. The molecule has 2 aliphatic heterocycles. The van der Waals surface area contributed by atoms with E-state index >= 15 is 0 Å². The molecular formula is C18H30O6. The maximum atomic E-state index is 5.89. The second-order valence-corrected chi connectivity index (χ2v) is 8.46. The molecule has 6 heteroatoms. The first kappa shape index (κ1) is 17.2. The molecule has 138 valence electrons. The van der Waals surface area contributed by atoms with Crippen molar-refractivity contribution in [3.63, 3.8) is 0 Å². The zero-order chi connectivity index (χ0) is 16.3. The standard InChI is InChI=1S/C18H30O6/c1-3-7-16(11-12-16)8-4-2-6-10-17(9-5-1)13-14-18(19-15-17)20-22-24-23-21-18/h1-15H2. The van der Waals surface area contributed by atoms with E-state index in [0.29, 0.717) is 13.0 Å². The van der Waals surface area contributed by atoms with Crippen LogP contribution in [-0.2, 0) is 29.6 Å². The third-order valence-electron chi connectivity index (χ3n) is 6.72. The first-order valence-corrected chi connectivity index (χ1v) is 9.75. The first-order valence-electron chi connectivity index (χ1n) is 9.75. The van der Waals surface area contributed by atoms with E-state index in [4.69, 9.17) is 14.5 Å². The van der Waals surface area contributed by atoms with Gasteiger partial charge >= 0.3 is 5.97 Å². The van der Waals surface area contributed by atoms with Crippen molar-refractivity contribution in [2.24, 2.45) is 10.8 Å². The van der Waals surface area contributed by atoms with E-state index in [2.05, 4.69) is 15.1 Å². The van der Waals surface area contributed by atoms with Crippen molar-refractivity contribution < 1.29 is 29.6 Å². The summed E-state index contributed by atoms with van der Waals surface area (Å²) in [5.74, 6) is -1.26. The zero-order valence-corrected chi connectivity index (χ0v) is 14.6. The Morgan fingerprint density at radius 2 is 1.00 bits per heavy atom. The topological polar surface area (TPSA) is 55.4 Å². The number of hydrogen-bond acceptors (Lipinski definition) is 6. The smallest absolute Gasteiger partial charge is 0.323 e. The van der Waals surface area contributed by atoms with Crippen LogP contribution in [0.2, 0.25) is 0 Å². The minimum atomic E-state index is -1.26. The van der Waals surface area contributed by atoms with Crippen molar-refractivity contribution in [2.75, 3.05) is 6.61 Å². The number of ether oxygens (including phenoxy) is 1. The van der Waals surface area contributed by atoms with Gasteiger partial charge in [0, 0.05) is 6.42 Å². The summed E-state index contributed by atoms with van der Waals surface area (Å²) in [7, 11) is 0. The molecule has 6 nitrogen and oxygen atoms in total. The lowest BCUT2D eigenvalue weighted by atomic mass is 9.73. The monoisotopic (exact) mass is 342 g/mol. The van der Waals surface area contributed by atoms with E-state index in [1.54, 1.807) is 0 Å². The van der Waals surface area contributed by atoms with Crippen LogP contribution < -0.4 is 0 Å². The maximum Gasteiger partial charge on any atom is 0.346 e. The fraction of sp³-hybridized carbons (Fsp3) is 1.00. The minimum Gasteiger partial charge on any atom is -0.323 e. The molecule has 3 spiro atoms. The van der Waals surface area contributed by atoms with Gasteiger partial charge in [-0.1, -0.05) is 38.5 Å². The van der Waals surface area contributed by atoms with Gasteiger partial charge in [-0.25, -0.2) is 0 Å². The van der Waals surface area contributed by atoms with Crippen LogP contribution in [0.25, 0.3) is 0 Å². The maximum absolute atomic E-state index is 5.89. The van der Waals surface area contributed by atoms with E-state index in [9.17, 15) is 0 Å². The summed E-state index contributed by atoms with van der Waals surface area (Å²) in [6, 6.07) is 0. The van der Waals surface area contributed by atoms with Crippen LogP contribution in [0.1, 0.15) is 89.9 Å². The fourth-order valence-electron chi connectivity index (χ4n) is 4.79. The summed E-state index contributed by atoms with van der Waals surface area (Å²) in [5, 5.41) is 12.9. The lowest BCUT2D eigenvalue weighted by molar-refractivity contribution is -0.831. The summed E-state index contributed by atoms with van der Waals surface area (Å²) >= 11 is 0. The van der Waals surface area contributed by atoms with E-state index in [-0.39, 0.29) is 5.41 Å². The molecule has 2 saturated carbocycles. The van der Waals surface area contributed by atoms with Crippen LogP contribution in [0.15, 0.2) is 0 Å². The molecule has 0 radical (unpaired) electrons. The fourth-order valence-corrected chi connectivity index (χ4v) is 4.79. The van der Waals surface area contributed by atoms with E-state index in [0.717, 1.165) is 11.8 Å². The Morgan fingerprint density at radius 1 is 0.458 bits per heavy atom. The molecule has 24 heavy (non-hydrogen) atoms. The van der Waals surface area contributed by atoms with Crippen LogP contribution in [0.4, 0.5) is 0 Å². The Hall–Kier alpha value is -0.240. The molecule has 0 unspecified atom stereocenters. The molecule has 0 aromatic carbocycles. The largest absolute Gasteiger partial charge is 0.346 e. The highest BCUT2D eigenvalue weighted by molar-refractivity contribution is 4.93. The van der Waals surface area contributed by atoms with Crippen LogP contribution in [0.5, 0.6) is 0 Å². The van der Waals surface area contributed by atoms with Crippen LogP contribution >= 0.6 is 0 Å². The summed E-state index contributed by atoms with van der Waals surface area (Å²) in [6.07, 6.45) is 18.0. The zero-order valence-electron chi connectivity index (χ0n) is 14.6. The first-order chi connectivity index (χ1) is 11.7. The van der Waals surface area contributed by atoms with E-state index in [1.807, 2.05) is 0 Å². The lowest BCUT2D eigenvalue weighted by Gasteiger charge is -2.44. The summed E-state index contributed by atoms with van der Waals surface area (Å²) in [5.41, 5.74) is 1.00. The predicted molar refractivity (Wildman–Crippen MR) is 83.6 cm³/mol. The summed E-state index contributed by atoms with van der Waals surface area (Å²) < 4.78 is 5.89. The van der Waals surface area contributed by atoms with Crippen LogP contribution in [0.3, 0.4) is 0 Å². The Labute approximate surface area is 143 Å². The summed E-state index contributed by atoms with van der Waals surface area (Å²) in [6.45, 7) is 0.629. The number of rotatable bonds is 0. The van der Waals surface area contributed by atoms with Gasteiger partial charge in [0.1, 0.15) is 0 Å². The third-order valence-corrected chi connectivity index (χ3v) is 6.72. The predicted octanol–water partition coefficient (Wildman–Crippen LogP) is 4.89. The molecule has 0 bridgehead atoms. The van der Waals surface area contributed by atoms with Gasteiger partial charge in [0.05, 0.1) is 6.61 Å². The van der Waals surface area contributed by atoms with Crippen molar-refractivity contribution in [3.05, 3.63) is 0 Å². The van der Waals surface area contributed by atoms with Gasteiger partial charge in [0.25, 0.3) is 0 Å². The molecule has 0 aromatic heterocycles. The second-order valence-electron chi connectivity index (χ2n) is 8.46. The lowest BCUT2D eigenvalue weighted by Crippen LogP contribution is -2.50. The molecule has 0 atom stereocenters.